The second kappa shape index (κ2) is 5.81. The minimum Gasteiger partial charge on any atom is -0.444 e. The maximum atomic E-state index is 11.6. The monoisotopic (exact) mass is 272 g/mol. The van der Waals surface area contributed by atoms with Crippen molar-refractivity contribution >= 4 is 17.4 Å². The van der Waals surface area contributed by atoms with Crippen LogP contribution in [0.5, 0.6) is 0 Å². The lowest BCUT2D eigenvalue weighted by atomic mass is 10.2. The van der Waals surface area contributed by atoms with Gasteiger partial charge in [-0.2, -0.15) is 0 Å². The summed E-state index contributed by atoms with van der Waals surface area (Å²) in [5, 5.41) is 14.9. The van der Waals surface area contributed by atoms with E-state index in [-0.39, 0.29) is 6.54 Å². The fourth-order valence-electron chi connectivity index (χ4n) is 1.30. The smallest absolute Gasteiger partial charge is 0.408 e. The molecule has 7 heteroatoms. The number of carbonyl (C=O) groups is 1. The van der Waals surface area contributed by atoms with E-state index in [2.05, 4.69) is 5.32 Å². The van der Waals surface area contributed by atoms with E-state index < -0.39 is 22.7 Å². The summed E-state index contributed by atoms with van der Waals surface area (Å²) in [6.07, 6.45) is -0.650. The molecule has 1 heterocycles. The van der Waals surface area contributed by atoms with E-state index >= 15 is 0 Å². The van der Waals surface area contributed by atoms with E-state index in [1.54, 1.807) is 38.3 Å². The number of hydrogen-bond donors (Lipinski definition) is 1. The van der Waals surface area contributed by atoms with Gasteiger partial charge in [-0.1, -0.05) is 6.07 Å². The van der Waals surface area contributed by atoms with Crippen LogP contribution < -0.4 is 5.32 Å². The van der Waals surface area contributed by atoms with Gasteiger partial charge in [-0.25, -0.2) is 4.79 Å². The van der Waals surface area contributed by atoms with Crippen molar-refractivity contribution in [2.45, 2.75) is 32.4 Å². The molecule has 1 aromatic rings. The van der Waals surface area contributed by atoms with Gasteiger partial charge in [0.05, 0.1) is 0 Å². The average Bonchev–Trinajstić information content (AvgIpc) is 2.64. The van der Waals surface area contributed by atoms with Crippen LogP contribution in [0.1, 0.15) is 31.7 Å². The van der Waals surface area contributed by atoms with Crippen LogP contribution in [0.25, 0.3) is 0 Å². The number of nitrogens with one attached hydrogen (secondary N) is 1. The first-order valence-electron chi connectivity index (χ1n) is 5.42. The lowest BCUT2D eigenvalue weighted by molar-refractivity contribution is -0.484. The lowest BCUT2D eigenvalue weighted by Crippen LogP contribution is -2.37. The first kappa shape index (κ1) is 14.4. The summed E-state index contributed by atoms with van der Waals surface area (Å²) >= 11 is 1.36. The van der Waals surface area contributed by atoms with E-state index in [1.807, 2.05) is 0 Å². The standard InChI is InChI=1S/C11H16N2O4S/c1-11(2,3)17-10(14)12-8(7-13(15)16)9-5-4-6-18-9/h4-6,8H,7H2,1-3H3,(H,12,14). The minimum atomic E-state index is -0.658. The molecule has 0 spiro atoms. The number of nitro groups is 1. The van der Waals surface area contributed by atoms with Crippen LogP contribution in [0.15, 0.2) is 17.5 Å². The third-order valence-corrected chi connectivity index (χ3v) is 2.90. The highest BCUT2D eigenvalue weighted by Crippen LogP contribution is 2.20. The van der Waals surface area contributed by atoms with E-state index in [9.17, 15) is 14.9 Å². The van der Waals surface area contributed by atoms with Gasteiger partial charge in [0, 0.05) is 9.80 Å². The molecule has 0 radical (unpaired) electrons. The van der Waals surface area contributed by atoms with E-state index in [4.69, 9.17) is 4.74 Å². The molecule has 0 fully saturated rings. The zero-order valence-electron chi connectivity index (χ0n) is 10.5. The largest absolute Gasteiger partial charge is 0.444 e. The van der Waals surface area contributed by atoms with Crippen molar-refractivity contribution in [2.24, 2.45) is 0 Å². The topological polar surface area (TPSA) is 81.5 Å². The van der Waals surface area contributed by atoms with Gasteiger partial charge in [0.2, 0.25) is 6.54 Å². The quantitative estimate of drug-likeness (QED) is 0.674. The predicted octanol–water partition coefficient (Wildman–Crippen LogP) is 2.59. The number of rotatable bonds is 4. The van der Waals surface area contributed by atoms with Crippen molar-refractivity contribution < 1.29 is 14.5 Å². The van der Waals surface area contributed by atoms with Gasteiger partial charge in [0.1, 0.15) is 11.6 Å². The number of alkyl carbamates (subject to hydrolysis) is 1. The Kier molecular flexibility index (Phi) is 4.66. The number of carbonyl (C=O) groups excluding carboxylic acids is 1. The van der Waals surface area contributed by atoms with Crippen LogP contribution in [0.2, 0.25) is 0 Å². The van der Waals surface area contributed by atoms with Gasteiger partial charge in [0.25, 0.3) is 0 Å². The molecular weight excluding hydrogens is 256 g/mol. The SMILES string of the molecule is CC(C)(C)OC(=O)NC(C[N+](=O)[O-])c1cccs1. The van der Waals surface area contributed by atoms with E-state index in [0.717, 1.165) is 4.88 Å². The summed E-state index contributed by atoms with van der Waals surface area (Å²) in [5.41, 5.74) is -0.626. The van der Waals surface area contributed by atoms with Crippen molar-refractivity contribution in [1.82, 2.24) is 5.32 Å². The summed E-state index contributed by atoms with van der Waals surface area (Å²) in [6.45, 7) is 4.85. The van der Waals surface area contributed by atoms with Crippen LogP contribution in [-0.4, -0.2) is 23.2 Å². The van der Waals surface area contributed by atoms with Crippen molar-refractivity contribution in [1.29, 1.82) is 0 Å². The maximum Gasteiger partial charge on any atom is 0.408 e. The molecule has 1 amide bonds. The van der Waals surface area contributed by atoms with Gasteiger partial charge in [-0.3, -0.25) is 10.1 Å². The second-order valence-electron chi connectivity index (χ2n) is 4.73. The van der Waals surface area contributed by atoms with Gasteiger partial charge in [-0.05, 0) is 32.2 Å². The highest BCUT2D eigenvalue weighted by atomic mass is 32.1. The molecule has 1 N–H and O–H groups in total. The number of thiophene rings is 1. The predicted molar refractivity (Wildman–Crippen MR) is 68.3 cm³/mol. The Labute approximate surface area is 109 Å². The number of nitrogens with zero attached hydrogens (tertiary/aromatic N) is 1. The third-order valence-electron chi connectivity index (χ3n) is 1.91. The Morgan fingerprint density at radius 2 is 2.28 bits per heavy atom. The van der Waals surface area contributed by atoms with Gasteiger partial charge in [-0.15, -0.1) is 11.3 Å². The third kappa shape index (κ3) is 5.13. The Morgan fingerprint density at radius 3 is 2.72 bits per heavy atom. The summed E-state index contributed by atoms with van der Waals surface area (Å²) in [5.74, 6) is 0. The molecule has 0 aromatic carbocycles. The lowest BCUT2D eigenvalue weighted by Gasteiger charge is -2.21. The molecule has 1 rings (SSSR count). The Morgan fingerprint density at radius 1 is 1.61 bits per heavy atom. The molecular formula is C11H16N2O4S. The summed E-state index contributed by atoms with van der Waals surface area (Å²) in [7, 11) is 0. The van der Waals surface area contributed by atoms with Crippen molar-refractivity contribution in [3.63, 3.8) is 0 Å². The number of ether oxygens (including phenoxy) is 1. The summed E-state index contributed by atoms with van der Waals surface area (Å²) < 4.78 is 5.08. The van der Waals surface area contributed by atoms with Crippen LogP contribution in [0, 0.1) is 10.1 Å². The molecule has 0 bridgehead atoms. The molecule has 0 saturated heterocycles. The molecule has 0 aliphatic heterocycles. The Hall–Kier alpha value is -1.63. The Balaban J connectivity index is 2.68. The molecule has 0 saturated carbocycles. The number of hydrogen-bond acceptors (Lipinski definition) is 5. The van der Waals surface area contributed by atoms with Gasteiger partial charge in [0.15, 0.2) is 0 Å². The molecule has 6 nitrogen and oxygen atoms in total. The zero-order valence-corrected chi connectivity index (χ0v) is 11.3. The van der Waals surface area contributed by atoms with Gasteiger partial charge < -0.3 is 10.1 Å². The molecule has 100 valence electrons. The highest BCUT2D eigenvalue weighted by Gasteiger charge is 2.24. The molecule has 1 atom stereocenters. The average molecular weight is 272 g/mol. The zero-order chi connectivity index (χ0) is 13.8. The fourth-order valence-corrected chi connectivity index (χ4v) is 2.06. The fraction of sp³-hybridized carbons (Fsp3) is 0.545. The molecule has 1 aromatic heterocycles. The van der Waals surface area contributed by atoms with E-state index in [1.165, 1.54) is 11.3 Å². The molecule has 18 heavy (non-hydrogen) atoms. The first-order chi connectivity index (χ1) is 8.28. The van der Waals surface area contributed by atoms with Crippen LogP contribution in [0.4, 0.5) is 4.79 Å². The first-order valence-corrected chi connectivity index (χ1v) is 6.30. The van der Waals surface area contributed by atoms with Crippen LogP contribution in [0.3, 0.4) is 0 Å². The number of amides is 1. The molecule has 0 aliphatic rings. The van der Waals surface area contributed by atoms with E-state index in [0.29, 0.717) is 0 Å². The molecule has 1 unspecified atom stereocenters. The van der Waals surface area contributed by atoms with Crippen molar-refractivity contribution in [3.8, 4) is 0 Å². The Bertz CT molecular complexity index is 411. The van der Waals surface area contributed by atoms with Gasteiger partial charge >= 0.3 is 6.09 Å². The second-order valence-corrected chi connectivity index (χ2v) is 5.71. The van der Waals surface area contributed by atoms with Crippen LogP contribution >= 0.6 is 11.3 Å². The highest BCUT2D eigenvalue weighted by molar-refractivity contribution is 7.10. The normalized spacial score (nSPS) is 12.8. The minimum absolute atomic E-state index is 0.361. The van der Waals surface area contributed by atoms with Crippen molar-refractivity contribution in [2.75, 3.05) is 6.54 Å². The summed E-state index contributed by atoms with van der Waals surface area (Å²) in [6, 6.07) is 2.87. The van der Waals surface area contributed by atoms with Crippen LogP contribution in [-0.2, 0) is 4.74 Å². The summed E-state index contributed by atoms with van der Waals surface area (Å²) in [4.78, 5) is 22.5. The van der Waals surface area contributed by atoms with Crippen molar-refractivity contribution in [3.05, 3.63) is 32.5 Å². The molecule has 0 aliphatic carbocycles. The maximum absolute atomic E-state index is 11.6.